The highest BCUT2D eigenvalue weighted by Gasteiger charge is 2.16. The molecule has 0 aliphatic rings. The van der Waals surface area contributed by atoms with Crippen LogP contribution in [0.25, 0.3) is 86.6 Å². The molecule has 39 heavy (non-hydrogen) atoms. The summed E-state index contributed by atoms with van der Waals surface area (Å²) in [6.07, 6.45) is 0. The summed E-state index contributed by atoms with van der Waals surface area (Å²) in [7, 11) is 0. The first-order valence-corrected chi connectivity index (χ1v) is 13.1. The first kappa shape index (κ1) is 20.6. The predicted octanol–water partition coefficient (Wildman–Crippen LogP) is 9.91. The van der Waals surface area contributed by atoms with Gasteiger partial charge in [0.05, 0.1) is 17.6 Å². The van der Waals surface area contributed by atoms with Gasteiger partial charge in [0.2, 0.25) is 0 Å². The van der Waals surface area contributed by atoms with Gasteiger partial charge in [-0.05, 0) is 79.2 Å². The minimum atomic E-state index is 0.629. The number of para-hydroxylation sites is 2. The van der Waals surface area contributed by atoms with Gasteiger partial charge in [-0.15, -0.1) is 0 Å². The van der Waals surface area contributed by atoms with E-state index < -0.39 is 0 Å². The highest BCUT2D eigenvalue weighted by molar-refractivity contribution is 6.26. The molecule has 3 heteroatoms. The summed E-state index contributed by atoms with van der Waals surface area (Å²) in [6.45, 7) is 7.63. The molecule has 0 aliphatic heterocycles. The van der Waals surface area contributed by atoms with Crippen LogP contribution in [0, 0.1) is 6.57 Å². The molecular weight excluding hydrogens is 474 g/mol. The smallest absolute Gasteiger partial charge is 0.189 e. The van der Waals surface area contributed by atoms with Gasteiger partial charge in [0.15, 0.2) is 5.69 Å². The van der Waals surface area contributed by atoms with Crippen molar-refractivity contribution in [2.45, 2.75) is 0 Å². The predicted molar refractivity (Wildman–Crippen MR) is 163 cm³/mol. The molecule has 0 amide bonds. The van der Waals surface area contributed by atoms with Gasteiger partial charge in [-0.2, -0.15) is 0 Å². The molecule has 0 unspecified atom stereocenters. The number of nitrogens with zero attached hydrogens (tertiary/aromatic N) is 3. The molecule has 2 aromatic heterocycles. The molecule has 9 aromatic rings. The summed E-state index contributed by atoms with van der Waals surface area (Å²) < 4.78 is 2.21. The second-order valence-electron chi connectivity index (χ2n) is 10.3. The van der Waals surface area contributed by atoms with Crippen molar-refractivity contribution in [1.29, 1.82) is 0 Å². The summed E-state index contributed by atoms with van der Waals surface area (Å²) in [4.78, 5) is 8.77. The topological polar surface area (TPSA) is 21.7 Å². The largest absolute Gasteiger partial charge is 0.293 e. The number of imidazole rings is 1. The highest BCUT2D eigenvalue weighted by atomic mass is 15.0. The average molecular weight is 494 g/mol. The molecule has 0 atom stereocenters. The Balaban J connectivity index is 1.42. The summed E-state index contributed by atoms with van der Waals surface area (Å²) in [6, 6.07) is 41.0. The third-order valence-electron chi connectivity index (χ3n) is 8.30. The second kappa shape index (κ2) is 7.31. The molecule has 0 bridgehead atoms. The van der Waals surface area contributed by atoms with Gasteiger partial charge >= 0.3 is 0 Å². The Bertz CT molecular complexity index is 2490. The molecule has 3 nitrogen and oxygen atoms in total. The minimum Gasteiger partial charge on any atom is -0.293 e. The summed E-state index contributed by atoms with van der Waals surface area (Å²) in [5, 5.41) is 11.1. The van der Waals surface area contributed by atoms with Crippen LogP contribution in [0.4, 0.5) is 5.69 Å². The van der Waals surface area contributed by atoms with Gasteiger partial charge in [-0.1, -0.05) is 84.9 Å². The van der Waals surface area contributed by atoms with Crippen LogP contribution in [0.3, 0.4) is 0 Å². The Labute approximate surface area is 223 Å². The van der Waals surface area contributed by atoms with E-state index in [1.165, 1.54) is 43.4 Å². The zero-order valence-electron chi connectivity index (χ0n) is 20.8. The molecule has 7 aromatic carbocycles. The van der Waals surface area contributed by atoms with Gasteiger partial charge in [-0.25, -0.2) is 9.83 Å². The van der Waals surface area contributed by atoms with E-state index in [1.54, 1.807) is 0 Å². The third-order valence-corrected chi connectivity index (χ3v) is 8.30. The van der Waals surface area contributed by atoms with E-state index in [2.05, 4.69) is 100 Å². The van der Waals surface area contributed by atoms with Crippen molar-refractivity contribution in [2.24, 2.45) is 0 Å². The van der Waals surface area contributed by atoms with Crippen molar-refractivity contribution in [1.82, 2.24) is 9.38 Å². The molecule has 0 saturated heterocycles. The molecule has 0 N–H and O–H groups in total. The summed E-state index contributed by atoms with van der Waals surface area (Å²) in [5.41, 5.74) is 6.96. The van der Waals surface area contributed by atoms with Gasteiger partial charge in [0.25, 0.3) is 0 Å². The second-order valence-corrected chi connectivity index (χ2v) is 10.3. The van der Waals surface area contributed by atoms with Gasteiger partial charge in [0, 0.05) is 16.3 Å². The van der Waals surface area contributed by atoms with E-state index in [9.17, 15) is 0 Å². The number of hydrogen-bond acceptors (Lipinski definition) is 1. The van der Waals surface area contributed by atoms with Crippen molar-refractivity contribution < 1.29 is 0 Å². The van der Waals surface area contributed by atoms with Crippen molar-refractivity contribution in [3.8, 4) is 11.1 Å². The number of hydrogen-bond donors (Lipinski definition) is 0. The molecule has 9 rings (SSSR count). The molecule has 2 heterocycles. The van der Waals surface area contributed by atoms with Crippen LogP contribution in [0.15, 0.2) is 115 Å². The SMILES string of the molecule is [C-]#[N+]c1ccc2c3cc(-c4ccc5ccc6cccc7ccc4c5c67)ccc3c3nc4ccccc4n3c2c1. The summed E-state index contributed by atoms with van der Waals surface area (Å²) in [5.74, 6) is 0. The number of benzene rings is 7. The third kappa shape index (κ3) is 2.67. The Morgan fingerprint density at radius 3 is 2.18 bits per heavy atom. The fraction of sp³-hybridized carbons (Fsp3) is 0. The molecule has 0 spiro atoms. The van der Waals surface area contributed by atoms with Crippen LogP contribution in [0.5, 0.6) is 0 Å². The lowest BCUT2D eigenvalue weighted by Gasteiger charge is -2.15. The van der Waals surface area contributed by atoms with E-state index >= 15 is 0 Å². The minimum absolute atomic E-state index is 0.629. The maximum atomic E-state index is 7.63. The molecule has 178 valence electrons. The molecule has 0 radical (unpaired) electrons. The van der Waals surface area contributed by atoms with E-state index in [-0.39, 0.29) is 0 Å². The molecular formula is C36H19N3. The van der Waals surface area contributed by atoms with Gasteiger partial charge in [0.1, 0.15) is 5.65 Å². The lowest BCUT2D eigenvalue weighted by atomic mass is 9.89. The van der Waals surface area contributed by atoms with E-state index in [0.717, 1.165) is 38.4 Å². The first-order chi connectivity index (χ1) is 19.3. The van der Waals surface area contributed by atoms with Crippen LogP contribution < -0.4 is 0 Å². The maximum absolute atomic E-state index is 7.63. The lowest BCUT2D eigenvalue weighted by molar-refractivity contribution is 1.32. The molecule has 0 saturated carbocycles. The Hall–Kier alpha value is -5.46. The zero-order chi connectivity index (χ0) is 25.7. The normalized spacial score (nSPS) is 12.1. The van der Waals surface area contributed by atoms with Crippen LogP contribution in [0.2, 0.25) is 0 Å². The van der Waals surface area contributed by atoms with Gasteiger partial charge < -0.3 is 0 Å². The van der Waals surface area contributed by atoms with Crippen molar-refractivity contribution in [3.63, 3.8) is 0 Å². The molecule has 0 fully saturated rings. The first-order valence-electron chi connectivity index (χ1n) is 13.1. The highest BCUT2D eigenvalue weighted by Crippen LogP contribution is 2.41. The quantitative estimate of drug-likeness (QED) is 0.165. The summed E-state index contributed by atoms with van der Waals surface area (Å²) >= 11 is 0. The van der Waals surface area contributed by atoms with Crippen LogP contribution in [0.1, 0.15) is 0 Å². The maximum Gasteiger partial charge on any atom is 0.189 e. The number of aromatic nitrogens is 2. The standard InChI is InChI=1S/C36H19N3/c1-37-25-14-18-27-30-19-24(13-17-29(30)36-38-31-7-2-3-8-32(31)39(36)33(27)20-25)26-15-11-23-10-9-21-5-4-6-22-12-16-28(26)35(23)34(21)22/h2-20H. The van der Waals surface area contributed by atoms with E-state index in [1.807, 2.05) is 24.3 Å². The number of pyridine rings is 1. The molecule has 0 aliphatic carbocycles. The van der Waals surface area contributed by atoms with Crippen molar-refractivity contribution >= 4 is 76.4 Å². The fourth-order valence-electron chi connectivity index (χ4n) is 6.57. The Morgan fingerprint density at radius 1 is 0.564 bits per heavy atom. The lowest BCUT2D eigenvalue weighted by Crippen LogP contribution is -1.92. The number of rotatable bonds is 1. The Morgan fingerprint density at radius 2 is 1.31 bits per heavy atom. The zero-order valence-corrected chi connectivity index (χ0v) is 20.8. The van der Waals surface area contributed by atoms with Crippen LogP contribution >= 0.6 is 0 Å². The van der Waals surface area contributed by atoms with E-state index in [0.29, 0.717) is 5.69 Å². The Kier molecular flexibility index (Phi) is 3.86. The average Bonchev–Trinajstić information content (AvgIpc) is 3.39. The monoisotopic (exact) mass is 493 g/mol. The number of fused-ring (bicyclic) bond motifs is 8. The van der Waals surface area contributed by atoms with Crippen LogP contribution in [-0.4, -0.2) is 9.38 Å². The fourth-order valence-corrected chi connectivity index (χ4v) is 6.57. The van der Waals surface area contributed by atoms with Crippen molar-refractivity contribution in [3.05, 3.63) is 127 Å². The van der Waals surface area contributed by atoms with Crippen LogP contribution in [-0.2, 0) is 0 Å². The van der Waals surface area contributed by atoms with Crippen molar-refractivity contribution in [2.75, 3.05) is 0 Å². The van der Waals surface area contributed by atoms with Gasteiger partial charge in [-0.3, -0.25) is 4.40 Å². The van der Waals surface area contributed by atoms with E-state index in [4.69, 9.17) is 11.6 Å².